The predicted octanol–water partition coefficient (Wildman–Crippen LogP) is 6.58. The van der Waals surface area contributed by atoms with Crippen molar-refractivity contribution in [2.45, 2.75) is 92.2 Å². The molecule has 0 fully saturated rings. The van der Waals surface area contributed by atoms with Crippen LogP contribution in [0.1, 0.15) is 52.7 Å². The summed E-state index contributed by atoms with van der Waals surface area (Å²) in [6.45, 7) is 27.9. The Bertz CT molecular complexity index is 846. The highest BCUT2D eigenvalue weighted by Gasteiger charge is 2.41. The Balaban J connectivity index is 2.83. The summed E-state index contributed by atoms with van der Waals surface area (Å²) in [5, 5.41) is 3.06. The zero-order valence-corrected chi connectivity index (χ0v) is 23.1. The van der Waals surface area contributed by atoms with Gasteiger partial charge in [0.05, 0.1) is 0 Å². The van der Waals surface area contributed by atoms with Crippen molar-refractivity contribution in [3.05, 3.63) is 45.2 Å². The van der Waals surface area contributed by atoms with E-state index in [1.807, 2.05) is 0 Å². The molecule has 0 heterocycles. The minimum atomic E-state index is -1.96. The minimum absolute atomic E-state index is 0.0524. The molecule has 4 heteroatoms. The normalized spacial score (nSPS) is 19.0. The van der Waals surface area contributed by atoms with Gasteiger partial charge in [-0.2, -0.15) is 0 Å². The van der Waals surface area contributed by atoms with Crippen LogP contribution in [0.5, 0.6) is 5.75 Å². The molecule has 28 heavy (non-hydrogen) atoms. The molecule has 2 rings (SSSR count). The van der Waals surface area contributed by atoms with Crippen LogP contribution in [0, 0.1) is 6.92 Å². The van der Waals surface area contributed by atoms with Gasteiger partial charge in [-0.25, -0.2) is 0 Å². The zero-order chi connectivity index (χ0) is 21.8. The topological polar surface area (TPSA) is 9.23 Å². The Morgan fingerprint density at radius 2 is 1.43 bits per heavy atom. The van der Waals surface area contributed by atoms with Crippen LogP contribution in [0.2, 0.25) is 38.3 Å². The van der Waals surface area contributed by atoms with Gasteiger partial charge in [-0.05, 0) is 74.6 Å². The van der Waals surface area contributed by atoms with Crippen molar-refractivity contribution in [1.82, 2.24) is 0 Å². The second-order valence-electron chi connectivity index (χ2n) is 11.1. The third-order valence-electron chi connectivity index (χ3n) is 6.08. The lowest BCUT2D eigenvalue weighted by molar-refractivity contribution is 0.511. The molecule has 1 aromatic carbocycles. The molecule has 1 unspecified atom stereocenters. The van der Waals surface area contributed by atoms with Gasteiger partial charge in [-0.3, -0.25) is 0 Å². The Morgan fingerprint density at radius 3 is 1.82 bits per heavy atom. The molecule has 1 atom stereocenters. The lowest BCUT2D eigenvalue weighted by atomic mass is 9.85. The van der Waals surface area contributed by atoms with E-state index < -0.39 is 16.4 Å². The van der Waals surface area contributed by atoms with Gasteiger partial charge in [-0.15, -0.1) is 0 Å². The van der Waals surface area contributed by atoms with E-state index in [2.05, 4.69) is 104 Å². The molecule has 0 spiro atoms. The standard InChI is InChI=1S/C24H39OSi3/c1-15-13-19(24(5,6)7)21(25-27(8,9)10)20(14-15)28(11,12)23-18(4)16(2)17(3)22(23)26/h13-14,22H,1-12H3. The van der Waals surface area contributed by atoms with Crippen LogP contribution in [0.4, 0.5) is 0 Å². The Labute approximate surface area is 179 Å². The fourth-order valence-electron chi connectivity index (χ4n) is 4.33. The first-order chi connectivity index (χ1) is 12.5. The van der Waals surface area contributed by atoms with Crippen molar-refractivity contribution < 1.29 is 4.43 Å². The molecular formula is C24H39OSi3. The lowest BCUT2D eigenvalue weighted by Gasteiger charge is -2.37. The highest BCUT2D eigenvalue weighted by atomic mass is 28.4. The van der Waals surface area contributed by atoms with Crippen LogP contribution in [0.25, 0.3) is 0 Å². The second-order valence-corrected chi connectivity index (χ2v) is 20.4. The van der Waals surface area contributed by atoms with Gasteiger partial charge in [-0.1, -0.05) is 67.9 Å². The first-order valence-electron chi connectivity index (χ1n) is 10.4. The van der Waals surface area contributed by atoms with Crippen molar-refractivity contribution in [2.24, 2.45) is 0 Å². The summed E-state index contributed by atoms with van der Waals surface area (Å²) in [6.07, 6.45) is 0. The molecule has 0 N–H and O–H groups in total. The highest BCUT2D eigenvalue weighted by Crippen LogP contribution is 2.45. The summed E-state index contributed by atoms with van der Waals surface area (Å²) in [7, 11) is 0.386. The van der Waals surface area contributed by atoms with Gasteiger partial charge in [0.15, 0.2) is 0 Å². The van der Waals surface area contributed by atoms with Crippen molar-refractivity contribution in [2.75, 3.05) is 0 Å². The molecule has 0 amide bonds. The number of aryl methyl sites for hydroxylation is 1. The average molecular weight is 428 g/mol. The summed E-state index contributed by atoms with van der Waals surface area (Å²) >= 11 is 0. The molecule has 0 saturated carbocycles. The van der Waals surface area contributed by atoms with E-state index in [1.165, 1.54) is 38.8 Å². The van der Waals surface area contributed by atoms with Crippen molar-refractivity contribution in [3.8, 4) is 5.75 Å². The molecular weight excluding hydrogens is 389 g/mol. The van der Waals surface area contributed by atoms with E-state index in [0.717, 1.165) is 0 Å². The molecule has 0 aliphatic heterocycles. The summed E-state index contributed by atoms with van der Waals surface area (Å²) in [6, 6.07) is 4.76. The largest absolute Gasteiger partial charge is 0.544 e. The van der Waals surface area contributed by atoms with Crippen molar-refractivity contribution in [3.63, 3.8) is 0 Å². The van der Waals surface area contributed by atoms with E-state index in [0.29, 0.717) is 5.54 Å². The SMILES string of the molecule is CC1=C(C)C([Si])C([Si](C)(C)c2cc(C)cc(C(C)(C)C)c2O[Si](C)(C)C)=C1C. The van der Waals surface area contributed by atoms with Gasteiger partial charge < -0.3 is 4.43 Å². The number of rotatable bonds is 4. The minimum Gasteiger partial charge on any atom is -0.544 e. The van der Waals surface area contributed by atoms with Gasteiger partial charge in [0.25, 0.3) is 0 Å². The summed E-state index contributed by atoms with van der Waals surface area (Å²) in [4.78, 5) is 0. The van der Waals surface area contributed by atoms with Crippen molar-refractivity contribution >= 4 is 31.8 Å². The van der Waals surface area contributed by atoms with Gasteiger partial charge >= 0.3 is 0 Å². The van der Waals surface area contributed by atoms with E-state index in [-0.39, 0.29) is 5.41 Å². The fraction of sp³-hybridized carbons (Fsp3) is 0.583. The maximum absolute atomic E-state index is 6.84. The second kappa shape index (κ2) is 7.44. The molecule has 1 nitrogen and oxygen atoms in total. The number of allylic oxidation sites excluding steroid dienone is 4. The predicted molar refractivity (Wildman–Crippen MR) is 132 cm³/mol. The van der Waals surface area contributed by atoms with Crippen LogP contribution in [0.3, 0.4) is 0 Å². The Hall–Kier alpha value is -0.849. The molecule has 0 saturated heterocycles. The van der Waals surface area contributed by atoms with E-state index in [4.69, 9.17) is 4.43 Å². The molecule has 0 aromatic heterocycles. The first kappa shape index (κ1) is 23.4. The number of hydrogen-bond donors (Lipinski definition) is 0. The third-order valence-corrected chi connectivity index (χ3v) is 11.6. The lowest BCUT2D eigenvalue weighted by Crippen LogP contribution is -2.48. The Kier molecular flexibility index (Phi) is 6.23. The number of hydrogen-bond acceptors (Lipinski definition) is 1. The van der Waals surface area contributed by atoms with Crippen molar-refractivity contribution in [1.29, 1.82) is 0 Å². The maximum Gasteiger partial charge on any atom is 0.242 e. The fourth-order valence-corrected chi connectivity index (χ4v) is 10.5. The quantitative estimate of drug-likeness (QED) is 0.493. The zero-order valence-electron chi connectivity index (χ0n) is 20.1. The summed E-state index contributed by atoms with van der Waals surface area (Å²) in [5.41, 5.74) is 7.48. The molecule has 1 aliphatic carbocycles. The molecule has 1 aliphatic rings. The van der Waals surface area contributed by atoms with Crippen LogP contribution >= 0.6 is 0 Å². The highest BCUT2D eigenvalue weighted by molar-refractivity contribution is 6.97. The molecule has 3 radical (unpaired) electrons. The first-order valence-corrected chi connectivity index (χ1v) is 17.4. The van der Waals surface area contributed by atoms with Gasteiger partial charge in [0, 0.05) is 10.2 Å². The maximum atomic E-state index is 6.84. The molecule has 153 valence electrons. The summed E-state index contributed by atoms with van der Waals surface area (Å²) in [5.74, 6) is 1.18. The van der Waals surface area contributed by atoms with Gasteiger partial charge in [0.2, 0.25) is 8.32 Å². The van der Waals surface area contributed by atoms with E-state index in [9.17, 15) is 0 Å². The smallest absolute Gasteiger partial charge is 0.242 e. The van der Waals surface area contributed by atoms with Crippen LogP contribution in [-0.4, -0.2) is 26.6 Å². The van der Waals surface area contributed by atoms with Crippen LogP contribution in [0.15, 0.2) is 34.0 Å². The molecule has 1 aromatic rings. The van der Waals surface area contributed by atoms with Crippen LogP contribution in [-0.2, 0) is 5.41 Å². The monoisotopic (exact) mass is 427 g/mol. The Morgan fingerprint density at radius 1 is 0.893 bits per heavy atom. The number of benzene rings is 1. The average Bonchev–Trinajstić information content (AvgIpc) is 2.70. The van der Waals surface area contributed by atoms with Gasteiger partial charge in [0.1, 0.15) is 13.8 Å². The van der Waals surface area contributed by atoms with E-state index >= 15 is 0 Å². The van der Waals surface area contributed by atoms with E-state index in [1.54, 1.807) is 5.20 Å². The third kappa shape index (κ3) is 4.34. The summed E-state index contributed by atoms with van der Waals surface area (Å²) < 4.78 is 6.84. The van der Waals surface area contributed by atoms with Crippen LogP contribution < -0.4 is 9.61 Å². The molecule has 0 bridgehead atoms.